The van der Waals surface area contributed by atoms with Gasteiger partial charge in [0.05, 0.1) is 24.7 Å². The smallest absolute Gasteiger partial charge is 0.493 e. The molecule has 0 saturated heterocycles. The van der Waals surface area contributed by atoms with E-state index in [2.05, 4.69) is 9.18 Å². The number of carbonyl (C=O) groups is 1. The van der Waals surface area contributed by atoms with Crippen LogP contribution in [0, 0.1) is 0 Å². The van der Waals surface area contributed by atoms with Crippen LogP contribution in [-0.4, -0.2) is 57.4 Å². The second-order valence-corrected chi connectivity index (χ2v) is 6.05. The predicted molar refractivity (Wildman–Crippen MR) is 77.4 cm³/mol. The van der Waals surface area contributed by atoms with Crippen molar-refractivity contribution in [2.24, 2.45) is 4.99 Å². The highest BCUT2D eigenvalue weighted by Crippen LogP contribution is 2.38. The number of nitrogens with zero attached hydrogens (tertiary/aromatic N) is 2. The number of rotatable bonds is 6. The third-order valence-electron chi connectivity index (χ3n) is 2.42. The Morgan fingerprint density at radius 2 is 1.88 bits per heavy atom. The lowest BCUT2D eigenvalue weighted by molar-refractivity contribution is -0.0500. The van der Waals surface area contributed by atoms with Crippen LogP contribution in [0.4, 0.5) is 18.9 Å². The van der Waals surface area contributed by atoms with E-state index in [1.54, 1.807) is 14.1 Å². The van der Waals surface area contributed by atoms with Gasteiger partial charge in [0.25, 0.3) is 0 Å². The summed E-state index contributed by atoms with van der Waals surface area (Å²) in [5, 5.41) is 9.12. The van der Waals surface area contributed by atoms with Crippen LogP contribution in [0.15, 0.2) is 17.1 Å². The fourth-order valence-corrected chi connectivity index (χ4v) is 1.86. The average Bonchev–Trinajstić information content (AvgIpc) is 2.43. The minimum Gasteiger partial charge on any atom is -0.493 e. The summed E-state index contributed by atoms with van der Waals surface area (Å²) in [5.41, 5.74) is -6.39. The molecular formula is C12H13F3N2O6S. The van der Waals surface area contributed by atoms with Crippen molar-refractivity contribution < 1.29 is 40.4 Å². The van der Waals surface area contributed by atoms with E-state index in [0.29, 0.717) is 0 Å². The van der Waals surface area contributed by atoms with E-state index in [9.17, 15) is 26.4 Å². The highest BCUT2D eigenvalue weighted by atomic mass is 32.2. The van der Waals surface area contributed by atoms with E-state index < -0.39 is 38.7 Å². The number of hydrogen-bond donors (Lipinski definition) is 1. The zero-order chi connectivity index (χ0) is 18.7. The third kappa shape index (κ3) is 4.50. The van der Waals surface area contributed by atoms with E-state index >= 15 is 0 Å². The summed E-state index contributed by atoms with van der Waals surface area (Å²) in [5.74, 6) is -2.79. The Kier molecular flexibility index (Phi) is 5.66. The van der Waals surface area contributed by atoms with Gasteiger partial charge in [0.2, 0.25) is 0 Å². The predicted octanol–water partition coefficient (Wildman–Crippen LogP) is 1.84. The minimum absolute atomic E-state index is 0.315. The van der Waals surface area contributed by atoms with Crippen molar-refractivity contribution in [2.75, 3.05) is 21.2 Å². The maximum atomic E-state index is 12.4. The van der Waals surface area contributed by atoms with E-state index in [4.69, 9.17) is 9.84 Å². The Balaban J connectivity index is 3.50. The van der Waals surface area contributed by atoms with Gasteiger partial charge in [-0.3, -0.25) is 0 Å². The summed E-state index contributed by atoms with van der Waals surface area (Å²) < 4.78 is 68.2. The molecule has 0 atom stereocenters. The molecule has 1 aromatic carbocycles. The van der Waals surface area contributed by atoms with E-state index in [1.165, 1.54) is 11.2 Å². The van der Waals surface area contributed by atoms with Gasteiger partial charge in [-0.25, -0.2) is 9.79 Å². The quantitative estimate of drug-likeness (QED) is 0.352. The summed E-state index contributed by atoms with van der Waals surface area (Å²) in [7, 11) is -1.81. The molecule has 0 aromatic heterocycles. The normalized spacial score (nSPS) is 12.2. The Labute approximate surface area is 135 Å². The Morgan fingerprint density at radius 1 is 1.29 bits per heavy atom. The first kappa shape index (κ1) is 19.5. The second-order valence-electron chi connectivity index (χ2n) is 4.52. The molecule has 0 saturated carbocycles. The molecule has 1 aromatic rings. The SMILES string of the molecule is COc1cc(C(=O)O)c(/N=C/N(C)C)cc1OS(=O)(=O)C(F)(F)F. The lowest BCUT2D eigenvalue weighted by Gasteiger charge is -2.14. The number of carboxylic acid groups (broad SMARTS) is 1. The third-order valence-corrected chi connectivity index (χ3v) is 3.39. The van der Waals surface area contributed by atoms with Crippen LogP contribution < -0.4 is 8.92 Å². The van der Waals surface area contributed by atoms with E-state index in [1.807, 2.05) is 0 Å². The molecule has 0 aliphatic heterocycles. The molecule has 0 aliphatic carbocycles. The largest absolute Gasteiger partial charge is 0.534 e. The molecular weight excluding hydrogens is 357 g/mol. The van der Waals surface area contributed by atoms with Gasteiger partial charge in [0.15, 0.2) is 11.5 Å². The van der Waals surface area contributed by atoms with Gasteiger partial charge < -0.3 is 18.9 Å². The Morgan fingerprint density at radius 3 is 2.29 bits per heavy atom. The molecule has 24 heavy (non-hydrogen) atoms. The highest BCUT2D eigenvalue weighted by Gasteiger charge is 2.49. The fourth-order valence-electron chi connectivity index (χ4n) is 1.40. The van der Waals surface area contributed by atoms with Gasteiger partial charge in [-0.15, -0.1) is 0 Å². The molecule has 0 fully saturated rings. The monoisotopic (exact) mass is 370 g/mol. The maximum absolute atomic E-state index is 12.4. The van der Waals surface area contributed by atoms with Crippen molar-refractivity contribution in [1.29, 1.82) is 0 Å². The van der Waals surface area contributed by atoms with Gasteiger partial charge in [-0.05, 0) is 0 Å². The number of hydrogen-bond acceptors (Lipinski definition) is 6. The summed E-state index contributed by atoms with van der Waals surface area (Å²) in [6.07, 6.45) is 1.18. The molecule has 0 unspecified atom stereocenters. The maximum Gasteiger partial charge on any atom is 0.534 e. The zero-order valence-corrected chi connectivity index (χ0v) is 13.5. The molecule has 1 N–H and O–H groups in total. The zero-order valence-electron chi connectivity index (χ0n) is 12.7. The summed E-state index contributed by atoms with van der Waals surface area (Å²) >= 11 is 0. The lowest BCUT2D eigenvalue weighted by atomic mass is 10.1. The summed E-state index contributed by atoms with van der Waals surface area (Å²) in [6.45, 7) is 0. The number of alkyl halides is 3. The number of aromatic carboxylic acids is 1. The van der Waals surface area contributed by atoms with Gasteiger partial charge in [0, 0.05) is 26.2 Å². The van der Waals surface area contributed by atoms with E-state index in [-0.39, 0.29) is 5.69 Å². The van der Waals surface area contributed by atoms with Crippen molar-refractivity contribution in [3.63, 3.8) is 0 Å². The number of aliphatic imine (C=N–C) groups is 1. The van der Waals surface area contributed by atoms with Crippen molar-refractivity contribution in [3.05, 3.63) is 17.7 Å². The van der Waals surface area contributed by atoms with Gasteiger partial charge in [-0.1, -0.05) is 0 Å². The molecule has 12 heteroatoms. The second kappa shape index (κ2) is 6.95. The molecule has 0 aliphatic rings. The van der Waals surface area contributed by atoms with Gasteiger partial charge in [-0.2, -0.15) is 21.6 Å². The minimum atomic E-state index is -5.95. The number of methoxy groups -OCH3 is 1. The number of carboxylic acids is 1. The molecule has 1 rings (SSSR count). The molecule has 0 spiro atoms. The summed E-state index contributed by atoms with van der Waals surface area (Å²) in [4.78, 5) is 16.4. The van der Waals surface area contributed by atoms with Gasteiger partial charge in [0.1, 0.15) is 0 Å². The lowest BCUT2D eigenvalue weighted by Crippen LogP contribution is -2.28. The fraction of sp³-hybridized carbons (Fsp3) is 0.333. The van der Waals surface area contributed by atoms with Crippen LogP contribution in [0.3, 0.4) is 0 Å². The van der Waals surface area contributed by atoms with Crippen LogP contribution >= 0.6 is 0 Å². The van der Waals surface area contributed by atoms with Crippen molar-refractivity contribution in [1.82, 2.24) is 4.90 Å². The first-order chi connectivity index (χ1) is 10.9. The van der Waals surface area contributed by atoms with Crippen LogP contribution in [0.2, 0.25) is 0 Å². The number of halogens is 3. The average molecular weight is 370 g/mol. The first-order valence-electron chi connectivity index (χ1n) is 6.05. The standard InChI is InChI=1S/C12H13F3N2O6S/c1-17(2)6-16-8-5-10(23-24(20,21)12(13,14)15)9(22-3)4-7(8)11(18)19/h4-6H,1-3H3,(H,18,19)/b16-6+. The summed E-state index contributed by atoms with van der Waals surface area (Å²) in [6, 6.07) is 1.54. The number of ether oxygens (including phenoxy) is 1. The van der Waals surface area contributed by atoms with Crippen LogP contribution in [0.25, 0.3) is 0 Å². The molecule has 0 heterocycles. The Bertz CT molecular complexity index is 759. The van der Waals surface area contributed by atoms with Gasteiger partial charge >= 0.3 is 21.6 Å². The topological polar surface area (TPSA) is 106 Å². The molecule has 0 amide bonds. The highest BCUT2D eigenvalue weighted by molar-refractivity contribution is 7.88. The molecule has 0 radical (unpaired) electrons. The van der Waals surface area contributed by atoms with Crippen molar-refractivity contribution in [2.45, 2.75) is 5.51 Å². The van der Waals surface area contributed by atoms with E-state index in [0.717, 1.165) is 19.2 Å². The van der Waals surface area contributed by atoms with Crippen molar-refractivity contribution in [3.8, 4) is 11.5 Å². The van der Waals surface area contributed by atoms with Crippen LogP contribution in [0.1, 0.15) is 10.4 Å². The van der Waals surface area contributed by atoms with Crippen LogP contribution in [-0.2, 0) is 10.1 Å². The Hall–Kier alpha value is -2.50. The first-order valence-corrected chi connectivity index (χ1v) is 7.46. The number of benzene rings is 1. The molecule has 8 nitrogen and oxygen atoms in total. The van der Waals surface area contributed by atoms with Crippen LogP contribution in [0.5, 0.6) is 11.5 Å². The molecule has 134 valence electrons. The van der Waals surface area contributed by atoms with Crippen molar-refractivity contribution >= 4 is 28.1 Å². The molecule has 0 bridgehead atoms.